The van der Waals surface area contributed by atoms with E-state index in [9.17, 15) is 9.59 Å². The lowest BCUT2D eigenvalue weighted by atomic mass is 10.0. The third-order valence-electron chi connectivity index (χ3n) is 7.50. The van der Waals surface area contributed by atoms with Gasteiger partial charge in [-0.2, -0.15) is 5.10 Å². The van der Waals surface area contributed by atoms with Crippen LogP contribution in [0.2, 0.25) is 0 Å². The zero-order chi connectivity index (χ0) is 33.6. The average Bonchev–Trinajstić information content (AvgIpc) is 3.53. The van der Waals surface area contributed by atoms with Crippen LogP contribution in [0.5, 0.6) is 11.5 Å². The Kier molecular flexibility index (Phi) is 12.5. The minimum Gasteiger partial charge on any atom is -0.494 e. The number of rotatable bonds is 17. The molecule has 0 radical (unpaired) electrons. The quantitative estimate of drug-likeness (QED) is 0.0265. The van der Waals surface area contributed by atoms with E-state index in [-0.39, 0.29) is 0 Å². The van der Waals surface area contributed by atoms with Crippen molar-refractivity contribution in [1.29, 1.82) is 0 Å². The Morgan fingerprint density at radius 3 is 2.40 bits per heavy atom. The van der Waals surface area contributed by atoms with E-state index in [2.05, 4.69) is 53.3 Å². The summed E-state index contributed by atoms with van der Waals surface area (Å²) in [7, 11) is 0. The van der Waals surface area contributed by atoms with Crippen molar-refractivity contribution in [3.63, 3.8) is 0 Å². The van der Waals surface area contributed by atoms with Crippen molar-refractivity contribution in [3.05, 3.63) is 120 Å². The monoisotopic (exact) mass is 661 g/mol. The number of fused-ring (bicyclic) bond motifs is 1. The number of anilines is 1. The number of hydrazone groups is 1. The molecule has 0 bridgehead atoms. The molecule has 0 aliphatic rings. The predicted molar refractivity (Wildman–Crippen MR) is 193 cm³/mol. The Bertz CT molecular complexity index is 1820. The molecule has 4 aromatic carbocycles. The average molecular weight is 662 g/mol. The largest absolute Gasteiger partial charge is 0.494 e. The number of thiazole rings is 1. The van der Waals surface area contributed by atoms with Gasteiger partial charge in [-0.15, -0.1) is 0 Å². The summed E-state index contributed by atoms with van der Waals surface area (Å²) in [6.45, 7) is 6.51. The van der Waals surface area contributed by atoms with Crippen LogP contribution in [-0.4, -0.2) is 36.4 Å². The number of hydrogen-bond acceptors (Lipinski definition) is 9. The topological polar surface area (TPSA) is 99.1 Å². The van der Waals surface area contributed by atoms with Gasteiger partial charge in [0.25, 0.3) is 0 Å². The first-order valence-electron chi connectivity index (χ1n) is 16.1. The van der Waals surface area contributed by atoms with Crippen molar-refractivity contribution in [2.45, 2.75) is 45.4 Å². The van der Waals surface area contributed by atoms with Gasteiger partial charge in [-0.25, -0.2) is 14.6 Å². The number of para-hydroxylation sites is 1. The van der Waals surface area contributed by atoms with Crippen LogP contribution < -0.4 is 14.9 Å². The van der Waals surface area contributed by atoms with Crippen molar-refractivity contribution in [3.8, 4) is 22.6 Å². The van der Waals surface area contributed by atoms with E-state index in [1.165, 1.54) is 23.0 Å². The molecule has 0 atom stereocenters. The van der Waals surface area contributed by atoms with Gasteiger partial charge in [0.2, 0.25) is 5.13 Å². The van der Waals surface area contributed by atoms with Crippen LogP contribution in [0.25, 0.3) is 21.3 Å². The van der Waals surface area contributed by atoms with Crippen LogP contribution >= 0.6 is 11.3 Å². The molecule has 0 saturated heterocycles. The van der Waals surface area contributed by atoms with E-state index in [4.69, 9.17) is 14.2 Å². The molecule has 0 saturated carbocycles. The number of ether oxygens (including phenoxy) is 3. The van der Waals surface area contributed by atoms with Crippen molar-refractivity contribution in [2.24, 2.45) is 5.10 Å². The molecule has 246 valence electrons. The van der Waals surface area contributed by atoms with E-state index < -0.39 is 11.9 Å². The molecule has 0 spiro atoms. The Morgan fingerprint density at radius 2 is 1.65 bits per heavy atom. The van der Waals surface area contributed by atoms with Gasteiger partial charge in [-0.3, -0.25) is 5.43 Å². The van der Waals surface area contributed by atoms with E-state index in [0.717, 1.165) is 59.9 Å². The first-order valence-corrected chi connectivity index (χ1v) is 17.0. The molecule has 0 fully saturated rings. The second-order valence-electron chi connectivity index (χ2n) is 11.1. The fourth-order valence-corrected chi connectivity index (χ4v) is 5.79. The number of unbranched alkanes of at least 4 members (excludes halogenated alkanes) is 3. The van der Waals surface area contributed by atoms with Gasteiger partial charge in [0.15, 0.2) is 0 Å². The van der Waals surface area contributed by atoms with Crippen molar-refractivity contribution < 1.29 is 23.8 Å². The molecule has 0 amide bonds. The maximum atomic E-state index is 13.2. The lowest BCUT2D eigenvalue weighted by Crippen LogP contribution is -2.10. The minimum absolute atomic E-state index is 0.390. The molecular formula is C39H39N3O5S. The van der Waals surface area contributed by atoms with Gasteiger partial charge in [-0.1, -0.05) is 73.7 Å². The first kappa shape index (κ1) is 34.1. The summed E-state index contributed by atoms with van der Waals surface area (Å²) in [5.74, 6) is 0.190. The molecule has 1 aromatic heterocycles. The Balaban J connectivity index is 1.22. The summed E-state index contributed by atoms with van der Waals surface area (Å²) in [4.78, 5) is 28.9. The number of benzene rings is 4. The second-order valence-corrected chi connectivity index (χ2v) is 12.1. The number of esters is 2. The van der Waals surface area contributed by atoms with Gasteiger partial charge in [-0.05, 0) is 97.3 Å². The van der Waals surface area contributed by atoms with Crippen LogP contribution in [0.1, 0.15) is 60.5 Å². The number of hydrogen-bond donors (Lipinski definition) is 1. The predicted octanol–water partition coefficient (Wildman–Crippen LogP) is 9.25. The minimum atomic E-state index is -0.482. The van der Waals surface area contributed by atoms with E-state index in [1.54, 1.807) is 36.5 Å². The molecule has 1 heterocycles. The summed E-state index contributed by atoms with van der Waals surface area (Å²) in [6.07, 6.45) is 8.52. The molecule has 5 rings (SSSR count). The number of nitrogens with zero attached hydrogens (tertiary/aromatic N) is 2. The summed E-state index contributed by atoms with van der Waals surface area (Å²) >= 11 is 1.51. The second kappa shape index (κ2) is 17.6. The van der Waals surface area contributed by atoms with Crippen LogP contribution in [0.3, 0.4) is 0 Å². The van der Waals surface area contributed by atoms with Crippen LogP contribution in [0.4, 0.5) is 5.13 Å². The van der Waals surface area contributed by atoms with Gasteiger partial charge in [0.1, 0.15) is 11.5 Å². The normalized spacial score (nSPS) is 11.0. The lowest BCUT2D eigenvalue weighted by Gasteiger charge is -2.11. The summed E-state index contributed by atoms with van der Waals surface area (Å²) in [6, 6.07) is 29.1. The Hall–Kier alpha value is -5.28. The molecule has 5 aromatic rings. The van der Waals surface area contributed by atoms with Gasteiger partial charge < -0.3 is 14.2 Å². The fourth-order valence-electron chi connectivity index (χ4n) is 4.98. The molecular weight excluding hydrogens is 623 g/mol. The molecule has 8 nitrogen and oxygen atoms in total. The summed E-state index contributed by atoms with van der Waals surface area (Å²) in [5, 5.41) is 5.11. The van der Waals surface area contributed by atoms with Gasteiger partial charge in [0.05, 0.1) is 35.2 Å². The number of nitrogens with one attached hydrogen (secondary N) is 1. The molecule has 48 heavy (non-hydrogen) atoms. The number of carbonyl (C=O) groups is 2. The smallest absolute Gasteiger partial charge is 0.343 e. The van der Waals surface area contributed by atoms with Crippen molar-refractivity contribution in [1.82, 2.24) is 4.98 Å². The number of carbonyl (C=O) groups excluding carboxylic acids is 2. The van der Waals surface area contributed by atoms with Crippen LogP contribution in [0, 0.1) is 0 Å². The zero-order valence-corrected chi connectivity index (χ0v) is 27.8. The lowest BCUT2D eigenvalue weighted by molar-refractivity contribution is -0.137. The third kappa shape index (κ3) is 9.86. The van der Waals surface area contributed by atoms with Gasteiger partial charge >= 0.3 is 11.9 Å². The standard InChI is InChI=1S/C39H39N3O5S/c1-3-11-28-14-16-29(17-15-28)31-20-23-35(32(26-31)27-40-42-39-41-34-12-7-8-13-36(34)48-39)47-38(44)30-18-21-33(22-19-30)45-24-9-5-6-10-25-46-37(43)4-2/h4,7-8,12-23,26-27H,2-3,5-6,9-11,24-25H2,1H3,(H,41,42)/b40-27+. The van der Waals surface area contributed by atoms with Crippen molar-refractivity contribution >= 4 is 44.8 Å². The molecule has 1 N–H and O–H groups in total. The highest BCUT2D eigenvalue weighted by atomic mass is 32.1. The highest BCUT2D eigenvalue weighted by Gasteiger charge is 2.13. The summed E-state index contributed by atoms with van der Waals surface area (Å²) < 4.78 is 17.8. The van der Waals surface area contributed by atoms with E-state index in [1.807, 2.05) is 36.4 Å². The van der Waals surface area contributed by atoms with E-state index in [0.29, 0.717) is 41.0 Å². The van der Waals surface area contributed by atoms with Crippen LogP contribution in [-0.2, 0) is 16.0 Å². The Morgan fingerprint density at radius 1 is 0.896 bits per heavy atom. The number of aromatic nitrogens is 1. The highest BCUT2D eigenvalue weighted by molar-refractivity contribution is 7.22. The zero-order valence-electron chi connectivity index (χ0n) is 27.0. The summed E-state index contributed by atoms with van der Waals surface area (Å²) in [5.41, 5.74) is 8.32. The highest BCUT2D eigenvalue weighted by Crippen LogP contribution is 2.29. The van der Waals surface area contributed by atoms with Crippen molar-refractivity contribution in [2.75, 3.05) is 18.6 Å². The third-order valence-corrected chi connectivity index (χ3v) is 8.45. The molecule has 0 aliphatic carbocycles. The SMILES string of the molecule is C=CC(=O)OCCCCCCOc1ccc(C(=O)Oc2ccc(-c3ccc(CCC)cc3)cc2/C=N/Nc2nc3ccccc3s2)cc1. The molecule has 0 aliphatic heterocycles. The first-order chi connectivity index (χ1) is 23.5. The van der Waals surface area contributed by atoms with E-state index >= 15 is 0 Å². The molecule has 0 unspecified atom stereocenters. The maximum Gasteiger partial charge on any atom is 0.343 e. The van der Waals surface area contributed by atoms with Crippen LogP contribution in [0.15, 0.2) is 109 Å². The number of aryl methyl sites for hydroxylation is 1. The molecule has 9 heteroatoms. The maximum absolute atomic E-state index is 13.2. The Labute approximate surface area is 285 Å². The van der Waals surface area contributed by atoms with Gasteiger partial charge in [0, 0.05) is 11.6 Å². The fraction of sp³-hybridized carbons (Fsp3) is 0.231.